The third-order valence-corrected chi connectivity index (χ3v) is 7.22. The normalized spacial score (nSPS) is 24.9. The first-order valence-corrected chi connectivity index (χ1v) is 10.7. The fourth-order valence-electron chi connectivity index (χ4n) is 3.71. The molecular weight excluding hydrogens is 340 g/mol. The second-order valence-corrected chi connectivity index (χ2v) is 9.82. The van der Waals surface area contributed by atoms with Crippen LogP contribution in [0.2, 0.25) is 0 Å². The van der Waals surface area contributed by atoms with Crippen LogP contribution in [0.15, 0.2) is 47.9 Å². The Morgan fingerprint density at radius 3 is 2.50 bits per heavy atom. The molecule has 0 aromatic heterocycles. The van der Waals surface area contributed by atoms with Crippen LogP contribution in [-0.2, 0) is 9.53 Å². The quantitative estimate of drug-likeness (QED) is 0.315. The SMILES string of the molecule is C=CC(C)(C)[C@@H](Sc1ccccc1)C(=O)O[C@@H]1C[C@H](C)CC[C@H]1C(C)C. The Bertz CT molecular complexity index is 593. The van der Waals surface area contributed by atoms with Gasteiger partial charge in [0.25, 0.3) is 0 Å². The van der Waals surface area contributed by atoms with Gasteiger partial charge in [-0.25, -0.2) is 0 Å². The zero-order valence-electron chi connectivity index (χ0n) is 16.9. The third-order valence-electron chi connectivity index (χ3n) is 5.64. The van der Waals surface area contributed by atoms with Crippen LogP contribution in [0.5, 0.6) is 0 Å². The second-order valence-electron chi connectivity index (χ2n) is 8.64. The van der Waals surface area contributed by atoms with Gasteiger partial charge in [0.05, 0.1) is 0 Å². The van der Waals surface area contributed by atoms with Crippen LogP contribution in [-0.4, -0.2) is 17.3 Å². The number of rotatable bonds is 7. The molecule has 0 aliphatic heterocycles. The van der Waals surface area contributed by atoms with Crippen molar-refractivity contribution >= 4 is 17.7 Å². The van der Waals surface area contributed by atoms with Crippen molar-refractivity contribution in [2.24, 2.45) is 23.2 Å². The van der Waals surface area contributed by atoms with E-state index < -0.39 is 0 Å². The molecule has 1 saturated carbocycles. The number of thioether (sulfide) groups is 1. The molecule has 0 spiro atoms. The van der Waals surface area contributed by atoms with Crippen molar-refractivity contribution in [3.63, 3.8) is 0 Å². The van der Waals surface area contributed by atoms with Gasteiger partial charge in [-0.05, 0) is 42.7 Å². The van der Waals surface area contributed by atoms with Gasteiger partial charge in [0.1, 0.15) is 11.4 Å². The topological polar surface area (TPSA) is 26.3 Å². The number of benzene rings is 1. The van der Waals surface area contributed by atoms with E-state index in [1.54, 1.807) is 11.8 Å². The third kappa shape index (κ3) is 5.39. The number of esters is 1. The average Bonchev–Trinajstić information content (AvgIpc) is 2.60. The summed E-state index contributed by atoms with van der Waals surface area (Å²) < 4.78 is 6.15. The van der Waals surface area contributed by atoms with Gasteiger partial charge < -0.3 is 4.74 Å². The maximum Gasteiger partial charge on any atom is 0.320 e. The molecule has 1 aliphatic rings. The van der Waals surface area contributed by atoms with E-state index in [1.165, 1.54) is 6.42 Å². The van der Waals surface area contributed by atoms with Gasteiger partial charge in [-0.3, -0.25) is 4.79 Å². The first-order chi connectivity index (χ1) is 12.2. The monoisotopic (exact) mass is 374 g/mol. The number of hydrogen-bond donors (Lipinski definition) is 0. The number of allylic oxidation sites excluding steroid dienone is 1. The highest BCUT2D eigenvalue weighted by atomic mass is 32.2. The molecule has 2 nitrogen and oxygen atoms in total. The van der Waals surface area contributed by atoms with Crippen LogP contribution in [0, 0.1) is 23.2 Å². The summed E-state index contributed by atoms with van der Waals surface area (Å²) in [5.41, 5.74) is -0.342. The van der Waals surface area contributed by atoms with E-state index in [4.69, 9.17) is 4.74 Å². The van der Waals surface area contributed by atoms with Crippen LogP contribution in [0.25, 0.3) is 0 Å². The molecule has 1 aliphatic carbocycles. The highest BCUT2D eigenvalue weighted by Gasteiger charge is 2.39. The Labute approximate surface area is 163 Å². The van der Waals surface area contributed by atoms with Gasteiger partial charge in [-0.1, -0.05) is 65.3 Å². The van der Waals surface area contributed by atoms with Crippen LogP contribution >= 0.6 is 11.8 Å². The Morgan fingerprint density at radius 2 is 1.92 bits per heavy atom. The zero-order valence-corrected chi connectivity index (χ0v) is 17.7. The molecule has 1 aromatic carbocycles. The van der Waals surface area contributed by atoms with Crippen molar-refractivity contribution in [3.05, 3.63) is 43.0 Å². The Balaban J connectivity index is 2.18. The van der Waals surface area contributed by atoms with Crippen LogP contribution < -0.4 is 0 Å². The molecule has 3 heteroatoms. The zero-order chi connectivity index (χ0) is 19.3. The van der Waals surface area contributed by atoms with Crippen molar-refractivity contribution in [2.45, 2.75) is 70.1 Å². The molecule has 1 aromatic rings. The second kappa shape index (κ2) is 9.12. The van der Waals surface area contributed by atoms with Gasteiger partial charge in [0, 0.05) is 10.3 Å². The Hall–Kier alpha value is -1.22. The van der Waals surface area contributed by atoms with E-state index >= 15 is 0 Å². The molecule has 4 atom stereocenters. The smallest absolute Gasteiger partial charge is 0.320 e. The molecule has 0 N–H and O–H groups in total. The van der Waals surface area contributed by atoms with Gasteiger partial charge in [-0.15, -0.1) is 18.3 Å². The van der Waals surface area contributed by atoms with Crippen molar-refractivity contribution < 1.29 is 9.53 Å². The van der Waals surface area contributed by atoms with E-state index in [9.17, 15) is 4.79 Å². The number of carbonyl (C=O) groups is 1. The van der Waals surface area contributed by atoms with Crippen molar-refractivity contribution in [2.75, 3.05) is 0 Å². The molecule has 2 rings (SSSR count). The molecular formula is C23H34O2S. The van der Waals surface area contributed by atoms with Gasteiger partial charge in [-0.2, -0.15) is 0 Å². The molecule has 0 bridgehead atoms. The summed E-state index contributed by atoms with van der Waals surface area (Å²) >= 11 is 1.58. The summed E-state index contributed by atoms with van der Waals surface area (Å²) in [6.45, 7) is 14.8. The summed E-state index contributed by atoms with van der Waals surface area (Å²) in [7, 11) is 0. The van der Waals surface area contributed by atoms with Crippen LogP contribution in [0.1, 0.15) is 53.9 Å². The highest BCUT2D eigenvalue weighted by molar-refractivity contribution is 8.00. The van der Waals surface area contributed by atoms with E-state index in [1.807, 2.05) is 36.4 Å². The van der Waals surface area contributed by atoms with Crippen LogP contribution in [0.3, 0.4) is 0 Å². The lowest BCUT2D eigenvalue weighted by Crippen LogP contribution is -2.41. The summed E-state index contributed by atoms with van der Waals surface area (Å²) in [6, 6.07) is 10.1. The summed E-state index contributed by atoms with van der Waals surface area (Å²) in [5.74, 6) is 1.52. The Morgan fingerprint density at radius 1 is 1.27 bits per heavy atom. The standard InChI is InChI=1S/C23H34O2S/c1-7-23(5,6)21(26-18-11-9-8-10-12-18)22(24)25-20-15-17(4)13-14-19(20)16(2)3/h7-12,16-17,19-21H,1,13-15H2,2-6H3/t17-,19+,20-,21+/m1/s1. The average molecular weight is 375 g/mol. The predicted molar refractivity (Wildman–Crippen MR) is 111 cm³/mol. The van der Waals surface area contributed by atoms with E-state index in [2.05, 4.69) is 41.2 Å². The van der Waals surface area contributed by atoms with Gasteiger partial charge in [0.15, 0.2) is 0 Å². The molecule has 0 amide bonds. The molecule has 0 saturated heterocycles. The predicted octanol–water partition coefficient (Wildman–Crippen LogP) is 6.36. The number of carbonyl (C=O) groups excluding carboxylic acids is 1. The number of hydrogen-bond acceptors (Lipinski definition) is 3. The minimum absolute atomic E-state index is 0.0331. The molecule has 144 valence electrons. The van der Waals surface area contributed by atoms with Crippen molar-refractivity contribution in [3.8, 4) is 0 Å². The van der Waals surface area contributed by atoms with Gasteiger partial charge in [0.2, 0.25) is 0 Å². The van der Waals surface area contributed by atoms with E-state index in [0.29, 0.717) is 17.8 Å². The van der Waals surface area contributed by atoms with Gasteiger partial charge >= 0.3 is 5.97 Å². The van der Waals surface area contributed by atoms with Crippen molar-refractivity contribution in [1.29, 1.82) is 0 Å². The summed E-state index contributed by atoms with van der Waals surface area (Å²) in [5, 5.41) is -0.299. The lowest BCUT2D eigenvalue weighted by Gasteiger charge is -2.38. The fourth-order valence-corrected chi connectivity index (χ4v) is 4.85. The Kier molecular flexibility index (Phi) is 7.40. The first kappa shape index (κ1) is 21.1. The van der Waals surface area contributed by atoms with E-state index in [0.717, 1.165) is 17.7 Å². The number of ether oxygens (including phenoxy) is 1. The lowest BCUT2D eigenvalue weighted by molar-refractivity contribution is -0.156. The maximum absolute atomic E-state index is 13.2. The van der Waals surface area contributed by atoms with Crippen molar-refractivity contribution in [1.82, 2.24) is 0 Å². The molecule has 0 unspecified atom stereocenters. The van der Waals surface area contributed by atoms with E-state index in [-0.39, 0.29) is 22.7 Å². The maximum atomic E-state index is 13.2. The molecule has 0 radical (unpaired) electrons. The summed E-state index contributed by atoms with van der Waals surface area (Å²) in [4.78, 5) is 14.3. The molecule has 26 heavy (non-hydrogen) atoms. The van der Waals surface area contributed by atoms with Crippen LogP contribution in [0.4, 0.5) is 0 Å². The molecule has 1 fully saturated rings. The lowest BCUT2D eigenvalue weighted by atomic mass is 9.75. The minimum Gasteiger partial charge on any atom is -0.461 e. The first-order valence-electron chi connectivity index (χ1n) is 9.80. The fraction of sp³-hybridized carbons (Fsp3) is 0.609. The molecule has 0 heterocycles. The largest absolute Gasteiger partial charge is 0.461 e. The summed E-state index contributed by atoms with van der Waals surface area (Å²) in [6.07, 6.45) is 5.27. The minimum atomic E-state index is -0.342. The highest BCUT2D eigenvalue weighted by Crippen LogP contribution is 2.40.